The maximum Gasteiger partial charge on any atom is 0.310 e. The lowest BCUT2D eigenvalue weighted by Gasteiger charge is -2.12. The van der Waals surface area contributed by atoms with Crippen LogP contribution >= 0.6 is 0 Å². The predicted molar refractivity (Wildman–Crippen MR) is 118 cm³/mol. The van der Waals surface area contributed by atoms with Crippen LogP contribution in [-0.2, 0) is 27.2 Å². The Morgan fingerprint density at radius 3 is 2.50 bits per heavy atom. The highest BCUT2D eigenvalue weighted by atomic mass is 16.5. The fourth-order valence-electron chi connectivity index (χ4n) is 3.48. The van der Waals surface area contributed by atoms with Gasteiger partial charge in [-0.05, 0) is 49.9 Å². The smallest absolute Gasteiger partial charge is 0.310 e. The molecule has 0 saturated heterocycles. The summed E-state index contributed by atoms with van der Waals surface area (Å²) in [5.74, 6) is -0.357. The molecule has 0 aliphatic carbocycles. The number of carbonyl (C=O) groups is 2. The number of pyridine rings is 1. The molecule has 0 radical (unpaired) electrons. The van der Waals surface area contributed by atoms with E-state index in [0.29, 0.717) is 19.4 Å². The summed E-state index contributed by atoms with van der Waals surface area (Å²) in [7, 11) is 0. The molecule has 0 spiro atoms. The van der Waals surface area contributed by atoms with E-state index in [2.05, 4.69) is 10.3 Å². The minimum atomic E-state index is -0.313. The third-order valence-corrected chi connectivity index (χ3v) is 5.26. The molecule has 5 heteroatoms. The van der Waals surface area contributed by atoms with E-state index in [9.17, 15) is 9.59 Å². The Morgan fingerprint density at radius 2 is 1.73 bits per heavy atom. The number of amides is 1. The summed E-state index contributed by atoms with van der Waals surface area (Å²) >= 11 is 0. The highest BCUT2D eigenvalue weighted by Crippen LogP contribution is 2.23. The molecule has 3 rings (SSSR count). The van der Waals surface area contributed by atoms with Crippen molar-refractivity contribution in [2.45, 2.75) is 40.0 Å². The third-order valence-electron chi connectivity index (χ3n) is 5.26. The normalized spacial score (nSPS) is 10.8. The largest absolute Gasteiger partial charge is 0.464 e. The zero-order valence-corrected chi connectivity index (χ0v) is 17.8. The van der Waals surface area contributed by atoms with E-state index in [4.69, 9.17) is 4.74 Å². The highest BCUT2D eigenvalue weighted by molar-refractivity contribution is 5.85. The van der Waals surface area contributed by atoms with Gasteiger partial charge >= 0.3 is 5.97 Å². The van der Waals surface area contributed by atoms with Crippen molar-refractivity contribution in [2.24, 2.45) is 0 Å². The minimum absolute atomic E-state index is 0.0444. The first-order chi connectivity index (χ1) is 14.4. The molecule has 1 aromatic heterocycles. The van der Waals surface area contributed by atoms with Crippen molar-refractivity contribution < 1.29 is 14.3 Å². The van der Waals surface area contributed by atoms with Gasteiger partial charge in [0.15, 0.2) is 0 Å². The second-order valence-electron chi connectivity index (χ2n) is 7.55. The number of aromatic nitrogens is 1. The minimum Gasteiger partial charge on any atom is -0.464 e. The lowest BCUT2D eigenvalue weighted by atomic mass is 10.00. The van der Waals surface area contributed by atoms with Gasteiger partial charge in [-0.25, -0.2) is 0 Å². The van der Waals surface area contributed by atoms with Crippen molar-refractivity contribution in [1.82, 2.24) is 10.3 Å². The third kappa shape index (κ3) is 5.66. The Balaban J connectivity index is 1.42. The average molecular weight is 405 g/mol. The molecule has 0 saturated carbocycles. The summed E-state index contributed by atoms with van der Waals surface area (Å²) in [5, 5.41) is 3.85. The molecule has 0 unspecified atom stereocenters. The lowest BCUT2D eigenvalue weighted by molar-refractivity contribution is -0.143. The number of esters is 1. The molecule has 30 heavy (non-hydrogen) atoms. The van der Waals surface area contributed by atoms with E-state index < -0.39 is 0 Å². The summed E-state index contributed by atoms with van der Waals surface area (Å²) in [4.78, 5) is 28.8. The molecule has 0 bridgehead atoms. The number of aryl methyl sites for hydroxylation is 4. The summed E-state index contributed by atoms with van der Waals surface area (Å²) in [6, 6.07) is 16.1. The van der Waals surface area contributed by atoms with Crippen molar-refractivity contribution >= 4 is 22.8 Å². The van der Waals surface area contributed by atoms with Crippen molar-refractivity contribution in [3.63, 3.8) is 0 Å². The topological polar surface area (TPSA) is 68.3 Å². The van der Waals surface area contributed by atoms with Crippen molar-refractivity contribution in [3.05, 3.63) is 76.5 Å². The molecular formula is C25H28N2O3. The van der Waals surface area contributed by atoms with E-state index in [1.807, 2.05) is 69.3 Å². The summed E-state index contributed by atoms with van der Waals surface area (Å²) in [6.45, 7) is 6.43. The van der Waals surface area contributed by atoms with Crippen LogP contribution in [0.1, 0.15) is 34.4 Å². The van der Waals surface area contributed by atoms with Gasteiger partial charge in [0.25, 0.3) is 0 Å². The lowest BCUT2D eigenvalue weighted by Crippen LogP contribution is -2.28. The van der Waals surface area contributed by atoms with Crippen LogP contribution in [0.4, 0.5) is 0 Å². The number of benzene rings is 2. The Kier molecular flexibility index (Phi) is 7.17. The van der Waals surface area contributed by atoms with E-state index in [-0.39, 0.29) is 24.9 Å². The van der Waals surface area contributed by atoms with Crippen LogP contribution in [0.5, 0.6) is 0 Å². The fourth-order valence-corrected chi connectivity index (χ4v) is 3.48. The SMILES string of the molecule is Cc1ccc(CCC(=O)NCCOC(=O)Cc2c(C)nc3ccccc3c2C)cc1. The van der Waals surface area contributed by atoms with E-state index >= 15 is 0 Å². The van der Waals surface area contributed by atoms with Gasteiger partial charge in [0.1, 0.15) is 6.61 Å². The molecule has 0 fully saturated rings. The first-order valence-electron chi connectivity index (χ1n) is 10.3. The van der Waals surface area contributed by atoms with Crippen LogP contribution in [0, 0.1) is 20.8 Å². The van der Waals surface area contributed by atoms with Crippen molar-refractivity contribution in [3.8, 4) is 0 Å². The Bertz CT molecular complexity index is 1040. The zero-order chi connectivity index (χ0) is 21.5. The van der Waals surface area contributed by atoms with Gasteiger partial charge in [-0.3, -0.25) is 14.6 Å². The average Bonchev–Trinajstić information content (AvgIpc) is 2.74. The van der Waals surface area contributed by atoms with Gasteiger partial charge in [-0.15, -0.1) is 0 Å². The van der Waals surface area contributed by atoms with Crippen LogP contribution in [0.2, 0.25) is 0 Å². The second-order valence-corrected chi connectivity index (χ2v) is 7.55. The number of fused-ring (bicyclic) bond motifs is 1. The molecule has 5 nitrogen and oxygen atoms in total. The summed E-state index contributed by atoms with van der Waals surface area (Å²) < 4.78 is 5.31. The van der Waals surface area contributed by atoms with Crippen molar-refractivity contribution in [1.29, 1.82) is 0 Å². The highest BCUT2D eigenvalue weighted by Gasteiger charge is 2.14. The van der Waals surface area contributed by atoms with Crippen LogP contribution in [0.3, 0.4) is 0 Å². The first-order valence-corrected chi connectivity index (χ1v) is 10.3. The fraction of sp³-hybridized carbons (Fsp3) is 0.320. The number of nitrogens with zero attached hydrogens (tertiary/aromatic N) is 1. The van der Waals surface area contributed by atoms with Gasteiger partial charge < -0.3 is 10.1 Å². The molecule has 1 amide bonds. The van der Waals surface area contributed by atoms with Crippen LogP contribution < -0.4 is 5.32 Å². The molecule has 1 heterocycles. The van der Waals surface area contributed by atoms with Crippen molar-refractivity contribution in [2.75, 3.05) is 13.2 Å². The Hall–Kier alpha value is -3.21. The molecule has 0 atom stereocenters. The zero-order valence-electron chi connectivity index (χ0n) is 17.8. The number of rotatable bonds is 8. The predicted octanol–water partition coefficient (Wildman–Crippen LogP) is 3.99. The van der Waals surface area contributed by atoms with Crippen LogP contribution in [-0.4, -0.2) is 30.0 Å². The van der Waals surface area contributed by atoms with Gasteiger partial charge in [0, 0.05) is 17.5 Å². The molecule has 1 N–H and O–H groups in total. The maximum atomic E-state index is 12.3. The Labute approximate surface area is 177 Å². The van der Waals surface area contributed by atoms with Crippen LogP contribution in [0.25, 0.3) is 10.9 Å². The first kappa shape index (κ1) is 21.5. The number of carbonyl (C=O) groups excluding carboxylic acids is 2. The maximum absolute atomic E-state index is 12.3. The number of para-hydroxylation sites is 1. The number of hydrogen-bond donors (Lipinski definition) is 1. The Morgan fingerprint density at radius 1 is 1.00 bits per heavy atom. The van der Waals surface area contributed by atoms with Gasteiger partial charge in [0.2, 0.25) is 5.91 Å². The molecule has 156 valence electrons. The molecular weight excluding hydrogens is 376 g/mol. The van der Waals surface area contributed by atoms with E-state index in [1.165, 1.54) is 5.56 Å². The second kappa shape index (κ2) is 10.0. The van der Waals surface area contributed by atoms with Gasteiger partial charge in [-0.2, -0.15) is 0 Å². The molecule has 2 aromatic carbocycles. The summed E-state index contributed by atoms with van der Waals surface area (Å²) in [5.41, 5.74) is 6.07. The monoisotopic (exact) mass is 404 g/mol. The molecule has 0 aliphatic rings. The molecule has 3 aromatic rings. The van der Waals surface area contributed by atoms with Crippen LogP contribution in [0.15, 0.2) is 48.5 Å². The van der Waals surface area contributed by atoms with E-state index in [1.54, 1.807) is 0 Å². The number of ether oxygens (including phenoxy) is 1. The summed E-state index contributed by atoms with van der Waals surface area (Å²) in [6.07, 6.45) is 1.29. The molecule has 0 aliphatic heterocycles. The van der Waals surface area contributed by atoms with E-state index in [0.717, 1.165) is 33.3 Å². The quantitative estimate of drug-likeness (QED) is 0.455. The van der Waals surface area contributed by atoms with Gasteiger partial charge in [-0.1, -0.05) is 48.0 Å². The van der Waals surface area contributed by atoms with Gasteiger partial charge in [0.05, 0.1) is 18.5 Å². The standard InChI is InChI=1S/C25H28N2O3/c1-17-8-10-20(11-9-17)12-13-24(28)26-14-15-30-25(29)16-22-18(2)21-6-4-5-7-23(21)27-19(22)3/h4-11H,12-16H2,1-3H3,(H,26,28). The number of nitrogens with one attached hydrogen (secondary N) is 1. The number of hydrogen-bond acceptors (Lipinski definition) is 4.